The zero-order valence-electron chi connectivity index (χ0n) is 9.49. The van der Waals surface area contributed by atoms with Gasteiger partial charge in [0.15, 0.2) is 11.5 Å². The van der Waals surface area contributed by atoms with E-state index in [0.717, 1.165) is 0 Å². The van der Waals surface area contributed by atoms with Crippen LogP contribution < -0.4 is 5.73 Å². The monoisotopic (exact) mass is 236 g/mol. The second kappa shape index (κ2) is 4.24. The van der Waals surface area contributed by atoms with E-state index in [4.69, 9.17) is 10.5 Å². The van der Waals surface area contributed by atoms with Gasteiger partial charge >= 0.3 is 5.97 Å². The third-order valence-corrected chi connectivity index (χ3v) is 2.14. The topological polar surface area (TPSA) is 101 Å². The maximum atomic E-state index is 11.5. The van der Waals surface area contributed by atoms with Gasteiger partial charge in [-0.3, -0.25) is 0 Å². The molecule has 17 heavy (non-hydrogen) atoms. The zero-order valence-corrected chi connectivity index (χ0v) is 9.49. The fourth-order valence-electron chi connectivity index (χ4n) is 1.35. The first-order valence-corrected chi connectivity index (χ1v) is 5.00. The molecule has 0 aliphatic carbocycles. The van der Waals surface area contributed by atoms with Crippen molar-refractivity contribution in [3.05, 3.63) is 18.1 Å². The van der Waals surface area contributed by atoms with Crippen LogP contribution in [0.25, 0.3) is 5.82 Å². The lowest BCUT2D eigenvalue weighted by Crippen LogP contribution is -2.09. The number of aryl methyl sites for hydroxylation is 1. The minimum Gasteiger partial charge on any atom is -0.461 e. The summed E-state index contributed by atoms with van der Waals surface area (Å²) in [6.45, 7) is 1.99. The number of anilines is 1. The summed E-state index contributed by atoms with van der Waals surface area (Å²) in [5.41, 5.74) is 6.04. The van der Waals surface area contributed by atoms with E-state index in [1.165, 1.54) is 21.8 Å². The second-order valence-corrected chi connectivity index (χ2v) is 3.31. The molecule has 0 aliphatic heterocycles. The lowest BCUT2D eigenvalue weighted by Gasteiger charge is -1.99. The first-order valence-electron chi connectivity index (χ1n) is 5.00. The van der Waals surface area contributed by atoms with Gasteiger partial charge in [-0.15, -0.1) is 5.10 Å². The van der Waals surface area contributed by atoms with Gasteiger partial charge < -0.3 is 10.5 Å². The van der Waals surface area contributed by atoms with Gasteiger partial charge in [-0.05, 0) is 6.92 Å². The highest BCUT2D eigenvalue weighted by Gasteiger charge is 2.17. The number of aromatic nitrogens is 5. The van der Waals surface area contributed by atoms with Crippen molar-refractivity contribution in [1.82, 2.24) is 24.8 Å². The molecule has 2 heterocycles. The van der Waals surface area contributed by atoms with Gasteiger partial charge in [0, 0.05) is 7.05 Å². The Morgan fingerprint density at radius 1 is 1.59 bits per heavy atom. The quantitative estimate of drug-likeness (QED) is 0.738. The van der Waals surface area contributed by atoms with Crippen molar-refractivity contribution in [3.63, 3.8) is 0 Å². The molecular weight excluding hydrogens is 224 g/mol. The molecule has 8 nitrogen and oxygen atoms in total. The summed E-state index contributed by atoms with van der Waals surface area (Å²) in [6.07, 6.45) is 3.03. The zero-order chi connectivity index (χ0) is 12.4. The number of hydrogen-bond donors (Lipinski definition) is 1. The molecule has 0 atom stereocenters. The first kappa shape index (κ1) is 11.1. The van der Waals surface area contributed by atoms with Crippen LogP contribution in [-0.4, -0.2) is 37.4 Å². The van der Waals surface area contributed by atoms with Crippen molar-refractivity contribution in [2.45, 2.75) is 6.92 Å². The van der Waals surface area contributed by atoms with Crippen molar-refractivity contribution < 1.29 is 9.53 Å². The molecule has 0 fully saturated rings. The largest absolute Gasteiger partial charge is 0.461 e. The molecule has 0 bridgehead atoms. The van der Waals surface area contributed by atoms with Crippen LogP contribution in [0.5, 0.6) is 0 Å². The molecule has 0 amide bonds. The number of nitrogen functional groups attached to an aromatic ring is 1. The average molecular weight is 236 g/mol. The summed E-state index contributed by atoms with van der Waals surface area (Å²) < 4.78 is 7.78. The molecule has 90 valence electrons. The average Bonchev–Trinajstić information content (AvgIpc) is 2.84. The normalized spacial score (nSPS) is 10.5. The molecule has 0 aliphatic rings. The Hall–Kier alpha value is -2.38. The van der Waals surface area contributed by atoms with Crippen molar-refractivity contribution >= 4 is 11.7 Å². The van der Waals surface area contributed by atoms with Crippen LogP contribution >= 0.6 is 0 Å². The van der Waals surface area contributed by atoms with Crippen LogP contribution in [0, 0.1) is 0 Å². The van der Waals surface area contributed by atoms with E-state index in [1.54, 1.807) is 14.0 Å². The Morgan fingerprint density at radius 2 is 2.35 bits per heavy atom. The van der Waals surface area contributed by atoms with Crippen LogP contribution in [0.4, 0.5) is 5.69 Å². The maximum absolute atomic E-state index is 11.5. The first-order chi connectivity index (χ1) is 8.13. The summed E-state index contributed by atoms with van der Waals surface area (Å²) in [5, 5.41) is 11.5. The second-order valence-electron chi connectivity index (χ2n) is 3.31. The summed E-state index contributed by atoms with van der Waals surface area (Å²) in [4.78, 5) is 11.5. The minimum atomic E-state index is -0.543. The number of rotatable bonds is 3. The number of carbonyl (C=O) groups is 1. The third-order valence-electron chi connectivity index (χ3n) is 2.14. The Balaban J connectivity index is 2.37. The highest BCUT2D eigenvalue weighted by molar-refractivity contribution is 5.92. The Bertz CT molecular complexity index is 543. The van der Waals surface area contributed by atoms with Crippen molar-refractivity contribution in [2.75, 3.05) is 12.3 Å². The van der Waals surface area contributed by atoms with E-state index in [9.17, 15) is 4.79 Å². The van der Waals surface area contributed by atoms with Crippen molar-refractivity contribution in [2.24, 2.45) is 7.05 Å². The summed E-state index contributed by atoms with van der Waals surface area (Å²) in [6, 6.07) is 0. The van der Waals surface area contributed by atoms with Crippen LogP contribution in [0.15, 0.2) is 12.4 Å². The lowest BCUT2D eigenvalue weighted by atomic mass is 10.4. The Morgan fingerprint density at radius 3 is 2.94 bits per heavy atom. The standard InChI is InChI=1S/C9H12N6O2/c1-3-17-9(16)8-6(10)5-15(12-8)7-4-11-13-14(7)2/h4-5H,3,10H2,1-2H3. The Kier molecular flexibility index (Phi) is 2.77. The fourth-order valence-corrected chi connectivity index (χ4v) is 1.35. The summed E-state index contributed by atoms with van der Waals surface area (Å²) in [7, 11) is 1.71. The van der Waals surface area contributed by atoms with Crippen molar-refractivity contribution in [3.8, 4) is 5.82 Å². The van der Waals surface area contributed by atoms with Crippen LogP contribution in [0.2, 0.25) is 0 Å². The van der Waals surface area contributed by atoms with E-state index >= 15 is 0 Å². The van der Waals surface area contributed by atoms with E-state index in [2.05, 4.69) is 15.4 Å². The van der Waals surface area contributed by atoms with Gasteiger partial charge in [0.1, 0.15) is 0 Å². The number of nitrogens with zero attached hydrogens (tertiary/aromatic N) is 5. The van der Waals surface area contributed by atoms with Crippen LogP contribution in [0.1, 0.15) is 17.4 Å². The molecular formula is C9H12N6O2. The van der Waals surface area contributed by atoms with Gasteiger partial charge in [-0.1, -0.05) is 5.21 Å². The van der Waals surface area contributed by atoms with Crippen LogP contribution in [-0.2, 0) is 11.8 Å². The SMILES string of the molecule is CCOC(=O)c1nn(-c2cnnn2C)cc1N. The molecule has 0 saturated heterocycles. The third kappa shape index (κ3) is 1.96. The predicted molar refractivity (Wildman–Crippen MR) is 58.5 cm³/mol. The maximum Gasteiger partial charge on any atom is 0.361 e. The number of nitrogens with two attached hydrogens (primary N) is 1. The molecule has 0 saturated carbocycles. The molecule has 2 aromatic rings. The molecule has 8 heteroatoms. The van der Waals surface area contributed by atoms with Gasteiger partial charge in [0.25, 0.3) is 0 Å². The van der Waals surface area contributed by atoms with E-state index in [-0.39, 0.29) is 18.0 Å². The molecule has 0 spiro atoms. The van der Waals surface area contributed by atoms with E-state index < -0.39 is 5.97 Å². The number of esters is 1. The molecule has 2 aromatic heterocycles. The highest BCUT2D eigenvalue weighted by Crippen LogP contribution is 2.13. The molecule has 0 aromatic carbocycles. The van der Waals surface area contributed by atoms with Crippen LogP contribution in [0.3, 0.4) is 0 Å². The van der Waals surface area contributed by atoms with Gasteiger partial charge in [-0.2, -0.15) is 5.10 Å². The molecule has 2 rings (SSSR count). The fraction of sp³-hybridized carbons (Fsp3) is 0.333. The minimum absolute atomic E-state index is 0.0908. The molecule has 2 N–H and O–H groups in total. The van der Waals surface area contributed by atoms with Gasteiger partial charge in [0.2, 0.25) is 0 Å². The van der Waals surface area contributed by atoms with Gasteiger partial charge in [-0.25, -0.2) is 14.2 Å². The lowest BCUT2D eigenvalue weighted by molar-refractivity contribution is 0.0520. The highest BCUT2D eigenvalue weighted by atomic mass is 16.5. The smallest absolute Gasteiger partial charge is 0.361 e. The Labute approximate surface area is 97.0 Å². The molecule has 0 unspecified atom stereocenters. The summed E-state index contributed by atoms with van der Waals surface area (Å²) >= 11 is 0. The van der Waals surface area contributed by atoms with Gasteiger partial charge in [0.05, 0.1) is 24.7 Å². The predicted octanol–water partition coefficient (Wildman–Crippen LogP) is -0.240. The van der Waals surface area contributed by atoms with Crippen molar-refractivity contribution in [1.29, 1.82) is 0 Å². The number of hydrogen-bond acceptors (Lipinski definition) is 6. The number of ether oxygens (including phenoxy) is 1. The summed E-state index contributed by atoms with van der Waals surface area (Å²) in [5.74, 6) is 0.0612. The number of carbonyl (C=O) groups excluding carboxylic acids is 1. The van der Waals surface area contributed by atoms with E-state index in [0.29, 0.717) is 5.82 Å². The van der Waals surface area contributed by atoms with E-state index in [1.807, 2.05) is 0 Å². The molecule has 0 radical (unpaired) electrons.